The van der Waals surface area contributed by atoms with Crippen LogP contribution < -0.4 is 9.47 Å². The van der Waals surface area contributed by atoms with E-state index in [1.807, 2.05) is 0 Å². The van der Waals surface area contributed by atoms with Gasteiger partial charge in [0.05, 0.1) is 13.7 Å². The van der Waals surface area contributed by atoms with Gasteiger partial charge in [-0.15, -0.1) is 0 Å². The van der Waals surface area contributed by atoms with E-state index in [4.69, 9.17) is 26.2 Å². The van der Waals surface area contributed by atoms with Crippen molar-refractivity contribution >= 4 is 17.6 Å². The van der Waals surface area contributed by atoms with Crippen LogP contribution in [-0.2, 0) is 11.2 Å². The van der Waals surface area contributed by atoms with E-state index in [1.165, 1.54) is 12.8 Å². The number of hydrogen-bond donors (Lipinski definition) is 1. The van der Waals surface area contributed by atoms with Gasteiger partial charge in [-0.2, -0.15) is 0 Å². The third-order valence-corrected chi connectivity index (χ3v) is 3.46. The maximum atomic E-state index is 10.6. The highest BCUT2D eigenvalue weighted by atomic mass is 35.5. The third-order valence-electron chi connectivity index (χ3n) is 3.11. The zero-order valence-electron chi connectivity index (χ0n) is 10.8. The topological polar surface area (TPSA) is 55.8 Å². The van der Waals surface area contributed by atoms with Crippen LogP contribution in [0.5, 0.6) is 11.5 Å². The average molecular weight is 285 g/mol. The van der Waals surface area contributed by atoms with E-state index in [0.29, 0.717) is 35.5 Å². The van der Waals surface area contributed by atoms with Gasteiger partial charge in [0, 0.05) is 17.5 Å². The molecule has 1 N–H and O–H groups in total. The number of benzene rings is 1. The van der Waals surface area contributed by atoms with Gasteiger partial charge in [-0.25, -0.2) is 0 Å². The molecule has 4 nitrogen and oxygen atoms in total. The van der Waals surface area contributed by atoms with Gasteiger partial charge in [-0.05, 0) is 36.8 Å². The van der Waals surface area contributed by atoms with Crippen LogP contribution >= 0.6 is 11.6 Å². The van der Waals surface area contributed by atoms with Crippen LogP contribution in [-0.4, -0.2) is 24.8 Å². The van der Waals surface area contributed by atoms with Gasteiger partial charge in [-0.3, -0.25) is 4.79 Å². The second kappa shape index (κ2) is 6.15. The lowest BCUT2D eigenvalue weighted by Crippen LogP contribution is -2.03. The molecule has 1 fully saturated rings. The van der Waals surface area contributed by atoms with Crippen LogP contribution in [0.2, 0.25) is 5.02 Å². The van der Waals surface area contributed by atoms with E-state index in [-0.39, 0.29) is 6.42 Å². The number of aryl methyl sites for hydroxylation is 1. The Kier molecular flexibility index (Phi) is 4.53. The summed E-state index contributed by atoms with van der Waals surface area (Å²) >= 11 is 6.14. The Morgan fingerprint density at radius 1 is 1.42 bits per heavy atom. The number of carbonyl (C=O) groups is 1. The molecule has 0 saturated heterocycles. The number of carboxylic acids is 1. The maximum absolute atomic E-state index is 10.6. The molecule has 1 aromatic rings. The van der Waals surface area contributed by atoms with E-state index in [0.717, 1.165) is 5.56 Å². The Bertz CT molecular complexity index is 469. The molecule has 2 rings (SSSR count). The number of aliphatic carboxylic acids is 1. The van der Waals surface area contributed by atoms with Gasteiger partial charge < -0.3 is 14.6 Å². The van der Waals surface area contributed by atoms with Crippen molar-refractivity contribution in [1.82, 2.24) is 0 Å². The van der Waals surface area contributed by atoms with E-state index in [2.05, 4.69) is 0 Å². The van der Waals surface area contributed by atoms with E-state index in [1.54, 1.807) is 19.2 Å². The minimum atomic E-state index is -0.843. The molecule has 0 spiro atoms. The molecular weight excluding hydrogens is 268 g/mol. The smallest absolute Gasteiger partial charge is 0.303 e. The van der Waals surface area contributed by atoms with Crippen molar-refractivity contribution in [2.75, 3.05) is 13.7 Å². The maximum Gasteiger partial charge on any atom is 0.303 e. The van der Waals surface area contributed by atoms with Crippen molar-refractivity contribution in [2.45, 2.75) is 25.7 Å². The van der Waals surface area contributed by atoms with Crippen molar-refractivity contribution in [3.8, 4) is 11.5 Å². The number of ether oxygens (including phenoxy) is 2. The monoisotopic (exact) mass is 284 g/mol. The first-order valence-corrected chi connectivity index (χ1v) is 6.69. The van der Waals surface area contributed by atoms with Crippen LogP contribution in [0.25, 0.3) is 0 Å². The molecule has 0 unspecified atom stereocenters. The van der Waals surface area contributed by atoms with Crippen molar-refractivity contribution in [3.05, 3.63) is 22.7 Å². The lowest BCUT2D eigenvalue weighted by Gasteiger charge is -2.13. The highest BCUT2D eigenvalue weighted by Crippen LogP contribution is 2.36. The Labute approximate surface area is 117 Å². The molecule has 0 heterocycles. The molecule has 0 atom stereocenters. The number of hydrogen-bond acceptors (Lipinski definition) is 3. The standard InChI is InChI=1S/C14H17ClO4/c1-18-12-6-10(4-5-14(16)17)11(15)7-13(12)19-8-9-2-3-9/h6-7,9H,2-5,8H2,1H3,(H,16,17). The SMILES string of the molecule is COc1cc(CCC(=O)O)c(Cl)cc1OCC1CC1. The van der Waals surface area contributed by atoms with Gasteiger partial charge in [-0.1, -0.05) is 11.6 Å². The minimum absolute atomic E-state index is 0.0468. The lowest BCUT2D eigenvalue weighted by molar-refractivity contribution is -0.136. The summed E-state index contributed by atoms with van der Waals surface area (Å²) in [4.78, 5) is 10.6. The fraction of sp³-hybridized carbons (Fsp3) is 0.500. The second-order valence-electron chi connectivity index (χ2n) is 4.74. The van der Waals surface area contributed by atoms with Crippen molar-refractivity contribution in [2.24, 2.45) is 5.92 Å². The molecular formula is C14H17ClO4. The van der Waals surface area contributed by atoms with Crippen molar-refractivity contribution in [3.63, 3.8) is 0 Å². The molecule has 19 heavy (non-hydrogen) atoms. The van der Waals surface area contributed by atoms with Crippen LogP contribution in [0.15, 0.2) is 12.1 Å². The summed E-state index contributed by atoms with van der Waals surface area (Å²) < 4.78 is 11.0. The highest BCUT2D eigenvalue weighted by molar-refractivity contribution is 6.31. The minimum Gasteiger partial charge on any atom is -0.493 e. The fourth-order valence-electron chi connectivity index (χ4n) is 1.77. The summed E-state index contributed by atoms with van der Waals surface area (Å²) in [7, 11) is 1.56. The summed E-state index contributed by atoms with van der Waals surface area (Å²) in [5, 5.41) is 9.22. The van der Waals surface area contributed by atoms with Crippen LogP contribution in [0.3, 0.4) is 0 Å². The summed E-state index contributed by atoms with van der Waals surface area (Å²) in [6, 6.07) is 3.47. The second-order valence-corrected chi connectivity index (χ2v) is 5.15. The Balaban J connectivity index is 2.10. The predicted octanol–water partition coefficient (Wildman–Crippen LogP) is 3.15. The highest BCUT2D eigenvalue weighted by Gasteiger charge is 2.23. The number of carboxylic acid groups (broad SMARTS) is 1. The van der Waals surface area contributed by atoms with E-state index < -0.39 is 5.97 Å². The lowest BCUT2D eigenvalue weighted by atomic mass is 10.1. The summed E-state index contributed by atoms with van der Waals surface area (Å²) in [5.41, 5.74) is 0.764. The molecule has 1 aliphatic carbocycles. The zero-order valence-corrected chi connectivity index (χ0v) is 11.6. The predicted molar refractivity (Wildman–Crippen MR) is 72.2 cm³/mol. The van der Waals surface area contributed by atoms with E-state index in [9.17, 15) is 4.79 Å². The average Bonchev–Trinajstić information content (AvgIpc) is 3.18. The van der Waals surface area contributed by atoms with Crippen LogP contribution in [0, 0.1) is 5.92 Å². The Morgan fingerprint density at radius 3 is 2.74 bits per heavy atom. The number of halogens is 1. The van der Waals surface area contributed by atoms with E-state index >= 15 is 0 Å². The molecule has 104 valence electrons. The van der Waals surface area contributed by atoms with Gasteiger partial charge in [0.15, 0.2) is 11.5 Å². The Morgan fingerprint density at radius 2 is 2.16 bits per heavy atom. The molecule has 0 aromatic heterocycles. The van der Waals surface area contributed by atoms with Crippen LogP contribution in [0.4, 0.5) is 0 Å². The molecule has 0 radical (unpaired) electrons. The number of rotatable bonds is 7. The fourth-order valence-corrected chi connectivity index (χ4v) is 2.02. The normalized spacial score (nSPS) is 14.2. The van der Waals surface area contributed by atoms with Gasteiger partial charge in [0.1, 0.15) is 0 Å². The summed E-state index contributed by atoms with van der Waals surface area (Å²) in [5.74, 6) is 1.03. The molecule has 0 aliphatic heterocycles. The first-order chi connectivity index (χ1) is 9.10. The summed E-state index contributed by atoms with van der Waals surface area (Å²) in [6.45, 7) is 0.682. The van der Waals surface area contributed by atoms with Gasteiger partial charge in [0.2, 0.25) is 0 Å². The quantitative estimate of drug-likeness (QED) is 0.836. The van der Waals surface area contributed by atoms with Gasteiger partial charge >= 0.3 is 5.97 Å². The Hall–Kier alpha value is -1.42. The first kappa shape index (κ1) is 14.0. The zero-order chi connectivity index (χ0) is 13.8. The first-order valence-electron chi connectivity index (χ1n) is 6.31. The largest absolute Gasteiger partial charge is 0.493 e. The van der Waals surface area contributed by atoms with Crippen LogP contribution in [0.1, 0.15) is 24.8 Å². The molecule has 0 bridgehead atoms. The number of methoxy groups -OCH3 is 1. The van der Waals surface area contributed by atoms with Crippen molar-refractivity contribution in [1.29, 1.82) is 0 Å². The molecule has 5 heteroatoms. The third kappa shape index (κ3) is 4.03. The summed E-state index contributed by atoms with van der Waals surface area (Å²) in [6.07, 6.45) is 2.86. The molecule has 0 amide bonds. The molecule has 1 saturated carbocycles. The molecule has 1 aliphatic rings. The van der Waals surface area contributed by atoms with Gasteiger partial charge in [0.25, 0.3) is 0 Å². The molecule has 1 aromatic carbocycles. The van der Waals surface area contributed by atoms with Crippen molar-refractivity contribution < 1.29 is 19.4 Å².